The van der Waals surface area contributed by atoms with Gasteiger partial charge in [0, 0.05) is 16.2 Å². The quantitative estimate of drug-likeness (QED) is 0.521. The molecule has 0 aliphatic carbocycles. The lowest BCUT2D eigenvalue weighted by atomic mass is 10.2. The molecule has 0 saturated heterocycles. The van der Waals surface area contributed by atoms with Crippen molar-refractivity contribution in [2.75, 3.05) is 18.9 Å². The molecule has 2 rings (SSSR count). The van der Waals surface area contributed by atoms with Crippen LogP contribution in [0.15, 0.2) is 53.4 Å². The third-order valence-corrected chi connectivity index (χ3v) is 4.03. The lowest BCUT2D eigenvalue weighted by Crippen LogP contribution is -2.00. The molecule has 108 valence electrons. The first-order chi connectivity index (χ1) is 10.3. The van der Waals surface area contributed by atoms with Crippen molar-refractivity contribution >= 4 is 11.8 Å². The van der Waals surface area contributed by atoms with E-state index in [4.69, 9.17) is 10.5 Å². The predicted octanol–water partition coefficient (Wildman–Crippen LogP) is 3.48. The predicted molar refractivity (Wildman–Crippen MR) is 89.8 cm³/mol. The minimum Gasteiger partial charge on any atom is -0.493 e. The van der Waals surface area contributed by atoms with Crippen LogP contribution in [-0.4, -0.2) is 18.9 Å². The Kier molecular flexibility index (Phi) is 6.21. The fourth-order valence-corrected chi connectivity index (χ4v) is 2.67. The van der Waals surface area contributed by atoms with Crippen molar-refractivity contribution in [1.82, 2.24) is 0 Å². The lowest BCUT2D eigenvalue weighted by molar-refractivity contribution is 0.344. The summed E-state index contributed by atoms with van der Waals surface area (Å²) in [5.41, 5.74) is 7.62. The van der Waals surface area contributed by atoms with Crippen LogP contribution in [0.25, 0.3) is 0 Å². The van der Waals surface area contributed by atoms with E-state index in [0.717, 1.165) is 17.1 Å². The first-order valence-corrected chi connectivity index (χ1v) is 7.88. The van der Waals surface area contributed by atoms with E-state index >= 15 is 0 Å². The van der Waals surface area contributed by atoms with Crippen LogP contribution in [0.5, 0.6) is 5.75 Å². The Labute approximate surface area is 130 Å². The maximum Gasteiger partial charge on any atom is 0.119 e. The number of ether oxygens (including phenoxy) is 1. The van der Waals surface area contributed by atoms with E-state index in [1.807, 2.05) is 36.0 Å². The molecule has 0 bridgehead atoms. The summed E-state index contributed by atoms with van der Waals surface area (Å²) in [7, 11) is 0. The van der Waals surface area contributed by atoms with Crippen molar-refractivity contribution in [3.05, 3.63) is 59.7 Å². The van der Waals surface area contributed by atoms with Gasteiger partial charge in [-0.3, -0.25) is 0 Å². The Hall–Kier alpha value is -1.89. The molecule has 2 aromatic rings. The fourth-order valence-electron chi connectivity index (χ4n) is 1.82. The second-order valence-corrected chi connectivity index (χ2v) is 5.63. The van der Waals surface area contributed by atoms with E-state index < -0.39 is 0 Å². The Balaban J connectivity index is 1.77. The molecule has 0 unspecified atom stereocenters. The Morgan fingerprint density at radius 2 is 1.86 bits per heavy atom. The molecule has 0 aromatic heterocycles. The second kappa shape index (κ2) is 8.41. The van der Waals surface area contributed by atoms with E-state index in [2.05, 4.69) is 43.0 Å². The molecule has 0 radical (unpaired) electrons. The van der Waals surface area contributed by atoms with E-state index in [1.54, 1.807) is 0 Å². The van der Waals surface area contributed by atoms with Crippen molar-refractivity contribution in [2.45, 2.75) is 11.8 Å². The average Bonchev–Trinajstić information content (AvgIpc) is 2.52. The van der Waals surface area contributed by atoms with Crippen LogP contribution in [0.3, 0.4) is 0 Å². The molecular weight excluding hydrogens is 278 g/mol. The zero-order valence-electron chi connectivity index (χ0n) is 12.1. The van der Waals surface area contributed by atoms with Crippen molar-refractivity contribution < 1.29 is 4.74 Å². The Morgan fingerprint density at radius 3 is 2.57 bits per heavy atom. The monoisotopic (exact) mass is 297 g/mol. The van der Waals surface area contributed by atoms with Crippen LogP contribution in [0.1, 0.15) is 11.1 Å². The van der Waals surface area contributed by atoms with Gasteiger partial charge in [-0.25, -0.2) is 0 Å². The summed E-state index contributed by atoms with van der Waals surface area (Å²) in [6, 6.07) is 16.2. The van der Waals surface area contributed by atoms with Crippen molar-refractivity contribution in [3.8, 4) is 17.6 Å². The topological polar surface area (TPSA) is 35.2 Å². The average molecular weight is 297 g/mol. The maximum atomic E-state index is 5.73. The van der Waals surface area contributed by atoms with Gasteiger partial charge in [-0.2, -0.15) is 0 Å². The SMILES string of the molecule is Cc1ccccc1SCCOc1ccc(C#CCN)cc1. The number of aryl methyl sites for hydroxylation is 1. The van der Waals surface area contributed by atoms with Gasteiger partial charge in [0.15, 0.2) is 0 Å². The van der Waals surface area contributed by atoms with Gasteiger partial charge < -0.3 is 10.5 Å². The van der Waals surface area contributed by atoms with Gasteiger partial charge in [0.25, 0.3) is 0 Å². The Bertz CT molecular complexity index is 626. The van der Waals surface area contributed by atoms with Gasteiger partial charge >= 0.3 is 0 Å². The fraction of sp³-hybridized carbons (Fsp3) is 0.222. The van der Waals surface area contributed by atoms with Gasteiger partial charge in [-0.1, -0.05) is 30.0 Å². The zero-order chi connectivity index (χ0) is 14.9. The highest BCUT2D eigenvalue weighted by molar-refractivity contribution is 7.99. The highest BCUT2D eigenvalue weighted by atomic mass is 32.2. The molecule has 2 nitrogen and oxygen atoms in total. The number of rotatable bonds is 5. The minimum absolute atomic E-state index is 0.383. The third kappa shape index (κ3) is 5.18. The first-order valence-electron chi connectivity index (χ1n) is 6.90. The molecule has 3 heteroatoms. The van der Waals surface area contributed by atoms with Crippen LogP contribution in [0.4, 0.5) is 0 Å². The number of thioether (sulfide) groups is 1. The largest absolute Gasteiger partial charge is 0.493 e. The van der Waals surface area contributed by atoms with Crippen LogP contribution in [0, 0.1) is 18.8 Å². The van der Waals surface area contributed by atoms with Crippen molar-refractivity contribution in [3.63, 3.8) is 0 Å². The molecule has 0 aliphatic heterocycles. The second-order valence-electron chi connectivity index (χ2n) is 4.49. The van der Waals surface area contributed by atoms with E-state index in [1.165, 1.54) is 10.5 Å². The van der Waals surface area contributed by atoms with Crippen LogP contribution in [0.2, 0.25) is 0 Å². The van der Waals surface area contributed by atoms with Crippen LogP contribution in [-0.2, 0) is 0 Å². The van der Waals surface area contributed by atoms with Gasteiger partial charge in [0.05, 0.1) is 13.2 Å². The van der Waals surface area contributed by atoms with Gasteiger partial charge in [-0.15, -0.1) is 11.8 Å². The van der Waals surface area contributed by atoms with Gasteiger partial charge in [0.1, 0.15) is 5.75 Å². The highest BCUT2D eigenvalue weighted by Gasteiger charge is 1.98. The summed E-state index contributed by atoms with van der Waals surface area (Å²) < 4.78 is 5.73. The smallest absolute Gasteiger partial charge is 0.119 e. The first kappa shape index (κ1) is 15.5. The highest BCUT2D eigenvalue weighted by Crippen LogP contribution is 2.21. The number of hydrogen-bond acceptors (Lipinski definition) is 3. The molecule has 2 aromatic carbocycles. The van der Waals surface area contributed by atoms with Crippen LogP contribution >= 0.6 is 11.8 Å². The summed E-state index contributed by atoms with van der Waals surface area (Å²) >= 11 is 1.82. The van der Waals surface area contributed by atoms with Crippen molar-refractivity contribution in [1.29, 1.82) is 0 Å². The molecule has 0 heterocycles. The lowest BCUT2D eigenvalue weighted by Gasteiger charge is -2.07. The minimum atomic E-state index is 0.383. The van der Waals surface area contributed by atoms with Crippen LogP contribution < -0.4 is 10.5 Å². The Morgan fingerprint density at radius 1 is 1.10 bits per heavy atom. The van der Waals surface area contributed by atoms with E-state index in [-0.39, 0.29) is 0 Å². The summed E-state index contributed by atoms with van der Waals surface area (Å²) in [4.78, 5) is 1.31. The van der Waals surface area contributed by atoms with E-state index in [9.17, 15) is 0 Å². The number of nitrogens with two attached hydrogens (primary N) is 1. The van der Waals surface area contributed by atoms with Gasteiger partial charge in [0.2, 0.25) is 0 Å². The summed E-state index contributed by atoms with van der Waals surface area (Å²) in [6.45, 7) is 3.20. The molecule has 2 N–H and O–H groups in total. The maximum absolute atomic E-state index is 5.73. The summed E-state index contributed by atoms with van der Waals surface area (Å²) in [5.74, 6) is 7.63. The standard InChI is InChI=1S/C18H19NOS/c1-15-5-2-3-7-18(15)21-14-13-20-17-10-8-16(9-11-17)6-4-12-19/h2-3,5,7-11H,12-14,19H2,1H3. The molecule has 0 saturated carbocycles. The normalized spacial score (nSPS) is 9.81. The summed E-state index contributed by atoms with van der Waals surface area (Å²) in [5, 5.41) is 0. The molecule has 0 aliphatic rings. The third-order valence-electron chi connectivity index (χ3n) is 2.89. The molecule has 0 fully saturated rings. The number of benzene rings is 2. The molecule has 0 spiro atoms. The molecular formula is C18H19NOS. The molecule has 0 amide bonds. The number of hydrogen-bond donors (Lipinski definition) is 1. The molecule has 0 atom stereocenters. The van der Waals surface area contributed by atoms with Crippen molar-refractivity contribution in [2.24, 2.45) is 5.73 Å². The zero-order valence-corrected chi connectivity index (χ0v) is 13.0. The molecule has 21 heavy (non-hydrogen) atoms. The summed E-state index contributed by atoms with van der Waals surface area (Å²) in [6.07, 6.45) is 0. The van der Waals surface area contributed by atoms with Gasteiger partial charge in [-0.05, 0) is 42.8 Å². The van der Waals surface area contributed by atoms with E-state index in [0.29, 0.717) is 13.2 Å².